The van der Waals surface area contributed by atoms with Crippen LogP contribution < -0.4 is 10.1 Å². The number of hydrogen-bond donors (Lipinski definition) is 2. The van der Waals surface area contributed by atoms with Crippen LogP contribution in [0.3, 0.4) is 0 Å². The molecule has 82 valence electrons. The Labute approximate surface area is 88.9 Å². The first-order valence-electron chi connectivity index (χ1n) is 4.76. The number of benzene rings is 1. The fraction of sp³-hybridized carbons (Fsp3) is 0.364. The molecule has 0 fully saturated rings. The Hall–Kier alpha value is -1.71. The van der Waals surface area contributed by atoms with Crippen LogP contribution in [0.15, 0.2) is 18.2 Å². The van der Waals surface area contributed by atoms with Crippen molar-refractivity contribution in [3.05, 3.63) is 18.2 Å². The predicted octanol–water partition coefficient (Wildman–Crippen LogP) is 2.14. The molecule has 4 nitrogen and oxygen atoms in total. The minimum absolute atomic E-state index is 0.0246. The van der Waals surface area contributed by atoms with Crippen LogP contribution >= 0.6 is 0 Å². The lowest BCUT2D eigenvalue weighted by Crippen LogP contribution is -2.08. The van der Waals surface area contributed by atoms with Crippen LogP contribution in [0.25, 0.3) is 0 Å². The van der Waals surface area contributed by atoms with E-state index in [4.69, 9.17) is 4.74 Å². The SMILES string of the molecule is CC(=O)Nc1ccc(O)c(OC(C)C)c1. The number of rotatable bonds is 3. The summed E-state index contributed by atoms with van der Waals surface area (Å²) in [6.07, 6.45) is -0.0246. The fourth-order valence-electron chi connectivity index (χ4n) is 1.14. The van der Waals surface area contributed by atoms with Crippen LogP contribution in [0.2, 0.25) is 0 Å². The monoisotopic (exact) mass is 209 g/mol. The number of ether oxygens (including phenoxy) is 1. The highest BCUT2D eigenvalue weighted by Crippen LogP contribution is 2.29. The van der Waals surface area contributed by atoms with Gasteiger partial charge in [0, 0.05) is 18.7 Å². The molecule has 1 aromatic carbocycles. The van der Waals surface area contributed by atoms with Gasteiger partial charge >= 0.3 is 0 Å². The third-order valence-electron chi connectivity index (χ3n) is 1.64. The molecule has 1 rings (SSSR count). The summed E-state index contributed by atoms with van der Waals surface area (Å²) in [7, 11) is 0. The fourth-order valence-corrected chi connectivity index (χ4v) is 1.14. The molecule has 0 aliphatic rings. The smallest absolute Gasteiger partial charge is 0.221 e. The van der Waals surface area contributed by atoms with Gasteiger partial charge in [0.15, 0.2) is 11.5 Å². The number of aromatic hydroxyl groups is 1. The Morgan fingerprint density at radius 2 is 2.13 bits per heavy atom. The van der Waals surface area contributed by atoms with Crippen LogP contribution in [0.5, 0.6) is 11.5 Å². The number of hydrogen-bond acceptors (Lipinski definition) is 3. The van der Waals surface area contributed by atoms with Crippen molar-refractivity contribution in [2.45, 2.75) is 26.9 Å². The average molecular weight is 209 g/mol. The number of carbonyl (C=O) groups excluding carboxylic acids is 1. The zero-order valence-electron chi connectivity index (χ0n) is 9.07. The van der Waals surface area contributed by atoms with Crippen molar-refractivity contribution in [2.24, 2.45) is 0 Å². The van der Waals surface area contributed by atoms with E-state index in [1.165, 1.54) is 13.0 Å². The largest absolute Gasteiger partial charge is 0.504 e. The third kappa shape index (κ3) is 3.50. The number of carbonyl (C=O) groups is 1. The number of anilines is 1. The first kappa shape index (κ1) is 11.4. The molecule has 0 aromatic heterocycles. The highest BCUT2D eigenvalue weighted by atomic mass is 16.5. The van der Waals surface area contributed by atoms with Gasteiger partial charge in [0.25, 0.3) is 0 Å². The van der Waals surface area contributed by atoms with E-state index in [1.54, 1.807) is 12.1 Å². The van der Waals surface area contributed by atoms with Crippen molar-refractivity contribution in [2.75, 3.05) is 5.32 Å². The second kappa shape index (κ2) is 4.68. The quantitative estimate of drug-likeness (QED) is 0.750. The zero-order valence-corrected chi connectivity index (χ0v) is 9.07. The predicted molar refractivity (Wildman–Crippen MR) is 58.2 cm³/mol. The van der Waals surface area contributed by atoms with E-state index in [0.29, 0.717) is 11.4 Å². The molecule has 0 bridgehead atoms. The molecule has 0 saturated carbocycles. The third-order valence-corrected chi connectivity index (χ3v) is 1.64. The lowest BCUT2D eigenvalue weighted by Gasteiger charge is -2.12. The lowest BCUT2D eigenvalue weighted by atomic mass is 10.2. The van der Waals surface area contributed by atoms with Crippen LogP contribution in [0, 0.1) is 0 Å². The second-order valence-electron chi connectivity index (χ2n) is 3.53. The molecule has 4 heteroatoms. The summed E-state index contributed by atoms with van der Waals surface area (Å²) in [5.74, 6) is 0.283. The van der Waals surface area contributed by atoms with Gasteiger partial charge in [-0.3, -0.25) is 4.79 Å². The number of phenols is 1. The van der Waals surface area contributed by atoms with Gasteiger partial charge in [0.05, 0.1) is 6.10 Å². The van der Waals surface area contributed by atoms with Crippen molar-refractivity contribution >= 4 is 11.6 Å². The molecule has 0 saturated heterocycles. The zero-order chi connectivity index (χ0) is 11.4. The number of amides is 1. The molecule has 1 aromatic rings. The van der Waals surface area contributed by atoms with Gasteiger partial charge in [0.1, 0.15) is 0 Å². The molecule has 0 unspecified atom stereocenters. The number of phenolic OH excluding ortho intramolecular Hbond substituents is 1. The Morgan fingerprint density at radius 3 is 2.67 bits per heavy atom. The van der Waals surface area contributed by atoms with Gasteiger partial charge in [-0.15, -0.1) is 0 Å². The minimum Gasteiger partial charge on any atom is -0.504 e. The molecule has 1 amide bonds. The summed E-state index contributed by atoms with van der Waals surface area (Å²) in [6.45, 7) is 5.16. The van der Waals surface area contributed by atoms with Crippen molar-refractivity contribution in [1.29, 1.82) is 0 Å². The van der Waals surface area contributed by atoms with Gasteiger partial charge in [0.2, 0.25) is 5.91 Å². The molecule has 15 heavy (non-hydrogen) atoms. The Morgan fingerprint density at radius 1 is 1.47 bits per heavy atom. The first-order valence-corrected chi connectivity index (χ1v) is 4.76. The van der Waals surface area contributed by atoms with Gasteiger partial charge in [-0.2, -0.15) is 0 Å². The Kier molecular flexibility index (Phi) is 3.55. The van der Waals surface area contributed by atoms with Gasteiger partial charge in [-0.1, -0.05) is 0 Å². The van der Waals surface area contributed by atoms with Crippen LogP contribution in [-0.2, 0) is 4.79 Å². The molecule has 0 aliphatic carbocycles. The molecular formula is C11H15NO3. The van der Waals surface area contributed by atoms with E-state index in [0.717, 1.165) is 0 Å². The summed E-state index contributed by atoms with van der Waals surface area (Å²) in [4.78, 5) is 10.8. The van der Waals surface area contributed by atoms with Crippen molar-refractivity contribution < 1.29 is 14.6 Å². The summed E-state index contributed by atoms with van der Waals surface area (Å²) in [5.41, 5.74) is 0.607. The van der Waals surface area contributed by atoms with Crippen LogP contribution in [0.1, 0.15) is 20.8 Å². The topological polar surface area (TPSA) is 58.6 Å². The standard InChI is InChI=1S/C11H15NO3/c1-7(2)15-11-6-9(12-8(3)13)4-5-10(11)14/h4-7,14H,1-3H3,(H,12,13). The summed E-state index contributed by atoms with van der Waals surface area (Å²) >= 11 is 0. The van der Waals surface area contributed by atoms with E-state index in [9.17, 15) is 9.90 Å². The van der Waals surface area contributed by atoms with E-state index < -0.39 is 0 Å². The summed E-state index contributed by atoms with van der Waals surface area (Å²) < 4.78 is 5.37. The van der Waals surface area contributed by atoms with E-state index in [-0.39, 0.29) is 17.8 Å². The molecule has 0 spiro atoms. The first-order chi connectivity index (χ1) is 6.99. The maximum absolute atomic E-state index is 10.8. The van der Waals surface area contributed by atoms with E-state index >= 15 is 0 Å². The van der Waals surface area contributed by atoms with Crippen molar-refractivity contribution in [3.8, 4) is 11.5 Å². The second-order valence-corrected chi connectivity index (χ2v) is 3.53. The van der Waals surface area contributed by atoms with E-state index in [2.05, 4.69) is 5.32 Å². The normalized spacial score (nSPS) is 10.1. The maximum Gasteiger partial charge on any atom is 0.221 e. The van der Waals surface area contributed by atoms with Crippen molar-refractivity contribution in [3.63, 3.8) is 0 Å². The van der Waals surface area contributed by atoms with Crippen molar-refractivity contribution in [1.82, 2.24) is 0 Å². The highest BCUT2D eigenvalue weighted by molar-refractivity contribution is 5.89. The minimum atomic E-state index is -0.156. The molecule has 0 aliphatic heterocycles. The van der Waals surface area contributed by atoms with E-state index in [1.807, 2.05) is 13.8 Å². The highest BCUT2D eigenvalue weighted by Gasteiger charge is 2.06. The molecule has 0 heterocycles. The molecule has 2 N–H and O–H groups in total. The van der Waals surface area contributed by atoms with Crippen LogP contribution in [-0.4, -0.2) is 17.1 Å². The van der Waals surface area contributed by atoms with Gasteiger partial charge in [-0.25, -0.2) is 0 Å². The Balaban J connectivity index is 2.89. The molecule has 0 radical (unpaired) electrons. The summed E-state index contributed by atoms with van der Waals surface area (Å²) in [5, 5.41) is 12.1. The molecule has 0 atom stereocenters. The average Bonchev–Trinajstić information content (AvgIpc) is 2.09. The van der Waals surface area contributed by atoms with Crippen LogP contribution in [0.4, 0.5) is 5.69 Å². The van der Waals surface area contributed by atoms with Gasteiger partial charge in [-0.05, 0) is 26.0 Å². The van der Waals surface area contributed by atoms with Gasteiger partial charge < -0.3 is 15.2 Å². The Bertz CT molecular complexity index is 361. The summed E-state index contributed by atoms with van der Waals surface area (Å²) in [6, 6.07) is 4.70. The molecular weight excluding hydrogens is 194 g/mol. The number of nitrogens with one attached hydrogen (secondary N) is 1. The maximum atomic E-state index is 10.8. The lowest BCUT2D eigenvalue weighted by molar-refractivity contribution is -0.114.